The Morgan fingerprint density at radius 2 is 2.06 bits per heavy atom. The largest absolute Gasteiger partial charge is 0.398 e. The van der Waals surface area contributed by atoms with Gasteiger partial charge in [0.1, 0.15) is 4.90 Å². The number of rotatable bonds is 5. The predicted octanol–water partition coefficient (Wildman–Crippen LogP) is -0.123. The van der Waals surface area contributed by atoms with Crippen LogP contribution in [0.3, 0.4) is 0 Å². The highest BCUT2D eigenvalue weighted by Crippen LogP contribution is 2.33. The summed E-state index contributed by atoms with van der Waals surface area (Å²) in [4.78, 5) is 1.97. The second-order valence-electron chi connectivity index (χ2n) is 4.42. The van der Waals surface area contributed by atoms with Crippen LogP contribution in [0.4, 0.5) is 11.4 Å². The summed E-state index contributed by atoms with van der Waals surface area (Å²) < 4.78 is 22.5. The molecule has 1 aromatic carbocycles. The molecule has 6 nitrogen and oxygen atoms in total. The van der Waals surface area contributed by atoms with Gasteiger partial charge in [0.2, 0.25) is 10.0 Å². The highest BCUT2D eigenvalue weighted by molar-refractivity contribution is 7.89. The van der Waals surface area contributed by atoms with Crippen LogP contribution in [0.25, 0.3) is 0 Å². The number of benzene rings is 1. The van der Waals surface area contributed by atoms with Crippen LogP contribution in [0.15, 0.2) is 23.1 Å². The number of primary sulfonamides is 1. The van der Waals surface area contributed by atoms with Crippen LogP contribution in [0.5, 0.6) is 0 Å². The zero-order chi connectivity index (χ0) is 13.3. The molecule has 0 amide bonds. The summed E-state index contributed by atoms with van der Waals surface area (Å²) in [5.74, 6) is 0. The van der Waals surface area contributed by atoms with Gasteiger partial charge < -0.3 is 15.7 Å². The van der Waals surface area contributed by atoms with Gasteiger partial charge in [-0.15, -0.1) is 0 Å². The fourth-order valence-corrected chi connectivity index (χ4v) is 2.64. The van der Waals surface area contributed by atoms with Gasteiger partial charge in [0, 0.05) is 18.3 Å². The molecule has 1 aromatic rings. The summed E-state index contributed by atoms with van der Waals surface area (Å²) in [6.45, 7) is 0.562. The minimum Gasteiger partial charge on any atom is -0.398 e. The SMILES string of the molecule is Nc1cc(N(CCO)C2CC2)ccc1S(N)(=O)=O. The molecule has 1 aliphatic carbocycles. The Bertz CT molecular complexity index is 540. The second kappa shape index (κ2) is 4.75. The number of hydrogen-bond acceptors (Lipinski definition) is 5. The van der Waals surface area contributed by atoms with Crippen LogP contribution >= 0.6 is 0 Å². The Kier molecular flexibility index (Phi) is 3.47. The van der Waals surface area contributed by atoms with Crippen molar-refractivity contribution in [3.8, 4) is 0 Å². The van der Waals surface area contributed by atoms with E-state index in [1.165, 1.54) is 6.07 Å². The molecule has 100 valence electrons. The van der Waals surface area contributed by atoms with Crippen molar-refractivity contribution in [3.63, 3.8) is 0 Å². The maximum absolute atomic E-state index is 11.3. The maximum Gasteiger partial charge on any atom is 0.240 e. The van der Waals surface area contributed by atoms with Gasteiger partial charge in [-0.25, -0.2) is 13.6 Å². The lowest BCUT2D eigenvalue weighted by Gasteiger charge is -2.24. The van der Waals surface area contributed by atoms with E-state index in [1.54, 1.807) is 12.1 Å². The number of aliphatic hydroxyl groups excluding tert-OH is 1. The van der Waals surface area contributed by atoms with Crippen LogP contribution in [-0.4, -0.2) is 32.7 Å². The first-order valence-corrected chi connectivity index (χ1v) is 7.28. The molecule has 2 rings (SSSR count). The average Bonchev–Trinajstić information content (AvgIpc) is 3.07. The molecule has 0 bridgehead atoms. The standard InChI is InChI=1S/C11H17N3O3S/c12-10-7-9(3-4-11(10)18(13,16)17)14(5-6-15)8-1-2-8/h3-4,7-8,15H,1-2,5-6,12H2,(H2,13,16,17). The van der Waals surface area contributed by atoms with E-state index in [4.69, 9.17) is 16.0 Å². The molecule has 0 unspecified atom stereocenters. The zero-order valence-corrected chi connectivity index (χ0v) is 10.7. The van der Waals surface area contributed by atoms with Gasteiger partial charge in [-0.3, -0.25) is 0 Å². The fourth-order valence-electron chi connectivity index (χ4n) is 1.99. The van der Waals surface area contributed by atoms with E-state index in [-0.39, 0.29) is 17.2 Å². The highest BCUT2D eigenvalue weighted by atomic mass is 32.2. The third-order valence-corrected chi connectivity index (χ3v) is 3.94. The van der Waals surface area contributed by atoms with Gasteiger partial charge in [0.15, 0.2) is 0 Å². The first-order valence-electron chi connectivity index (χ1n) is 5.73. The molecule has 0 aliphatic heterocycles. The minimum absolute atomic E-state index is 0.0490. The van der Waals surface area contributed by atoms with Gasteiger partial charge in [-0.1, -0.05) is 0 Å². The molecule has 0 atom stereocenters. The van der Waals surface area contributed by atoms with Crippen molar-refractivity contribution < 1.29 is 13.5 Å². The van der Waals surface area contributed by atoms with Gasteiger partial charge >= 0.3 is 0 Å². The van der Waals surface area contributed by atoms with E-state index in [1.807, 2.05) is 4.90 Å². The number of hydrogen-bond donors (Lipinski definition) is 3. The second-order valence-corrected chi connectivity index (χ2v) is 5.95. The van der Waals surface area contributed by atoms with Crippen molar-refractivity contribution in [2.75, 3.05) is 23.8 Å². The maximum atomic E-state index is 11.3. The lowest BCUT2D eigenvalue weighted by Crippen LogP contribution is -2.29. The number of nitrogen functional groups attached to an aromatic ring is 1. The molecule has 1 fully saturated rings. The molecule has 1 aliphatic rings. The first kappa shape index (κ1) is 13.1. The molecule has 7 heteroatoms. The van der Waals surface area contributed by atoms with E-state index in [0.29, 0.717) is 12.6 Å². The van der Waals surface area contributed by atoms with Crippen LogP contribution < -0.4 is 15.8 Å². The number of nitrogens with two attached hydrogens (primary N) is 2. The van der Waals surface area contributed by atoms with E-state index in [9.17, 15) is 8.42 Å². The summed E-state index contributed by atoms with van der Waals surface area (Å²) >= 11 is 0. The van der Waals surface area contributed by atoms with E-state index < -0.39 is 10.0 Å². The molecule has 0 saturated heterocycles. The van der Waals surface area contributed by atoms with Crippen LogP contribution in [0, 0.1) is 0 Å². The fraction of sp³-hybridized carbons (Fsp3) is 0.455. The van der Waals surface area contributed by atoms with Crippen molar-refractivity contribution in [1.29, 1.82) is 0 Å². The lowest BCUT2D eigenvalue weighted by molar-refractivity contribution is 0.301. The van der Waals surface area contributed by atoms with Gasteiger partial charge in [0.05, 0.1) is 12.3 Å². The van der Waals surface area contributed by atoms with Crippen molar-refractivity contribution >= 4 is 21.4 Å². The average molecular weight is 271 g/mol. The van der Waals surface area contributed by atoms with E-state index in [2.05, 4.69) is 0 Å². The van der Waals surface area contributed by atoms with Crippen molar-refractivity contribution in [2.45, 2.75) is 23.8 Å². The summed E-state index contributed by atoms with van der Waals surface area (Å²) in [5, 5.41) is 14.1. The molecule has 0 spiro atoms. The van der Waals surface area contributed by atoms with E-state index >= 15 is 0 Å². The Labute approximate surface area is 106 Å². The Morgan fingerprint density at radius 1 is 1.39 bits per heavy atom. The first-order chi connectivity index (χ1) is 8.43. The van der Waals surface area contributed by atoms with Crippen LogP contribution in [0.1, 0.15) is 12.8 Å². The van der Waals surface area contributed by atoms with Crippen LogP contribution in [0.2, 0.25) is 0 Å². The molecule has 5 N–H and O–H groups in total. The molecule has 18 heavy (non-hydrogen) atoms. The molecule has 0 aromatic heterocycles. The van der Waals surface area contributed by atoms with Gasteiger partial charge in [-0.05, 0) is 31.0 Å². The summed E-state index contributed by atoms with van der Waals surface area (Å²) in [5.41, 5.74) is 6.67. The molecule has 0 radical (unpaired) electrons. The Hall–Kier alpha value is -1.31. The van der Waals surface area contributed by atoms with Crippen molar-refractivity contribution in [3.05, 3.63) is 18.2 Å². The molecule has 1 saturated carbocycles. The number of sulfonamides is 1. The monoisotopic (exact) mass is 271 g/mol. The summed E-state index contributed by atoms with van der Waals surface area (Å²) in [7, 11) is -3.79. The van der Waals surface area contributed by atoms with E-state index in [0.717, 1.165) is 18.5 Å². The third-order valence-electron chi connectivity index (χ3n) is 2.96. The smallest absolute Gasteiger partial charge is 0.240 e. The van der Waals surface area contributed by atoms with Crippen molar-refractivity contribution in [2.24, 2.45) is 5.14 Å². The predicted molar refractivity (Wildman–Crippen MR) is 69.7 cm³/mol. The quantitative estimate of drug-likeness (QED) is 0.647. The summed E-state index contributed by atoms with van der Waals surface area (Å²) in [6.07, 6.45) is 2.16. The molecular formula is C11H17N3O3S. The van der Waals surface area contributed by atoms with Gasteiger partial charge in [0.25, 0.3) is 0 Å². The third kappa shape index (κ3) is 2.74. The topological polar surface area (TPSA) is 110 Å². The Morgan fingerprint density at radius 3 is 2.50 bits per heavy atom. The number of anilines is 2. The van der Waals surface area contributed by atoms with Crippen LogP contribution in [-0.2, 0) is 10.0 Å². The normalized spacial score (nSPS) is 15.7. The molecule has 0 heterocycles. The van der Waals surface area contributed by atoms with Gasteiger partial charge in [-0.2, -0.15) is 0 Å². The summed E-state index contributed by atoms with van der Waals surface area (Å²) in [6, 6.07) is 5.08. The van der Waals surface area contributed by atoms with Crippen molar-refractivity contribution in [1.82, 2.24) is 0 Å². The minimum atomic E-state index is -3.79. The number of nitrogens with zero attached hydrogens (tertiary/aromatic N) is 1. The highest BCUT2D eigenvalue weighted by Gasteiger charge is 2.29. The zero-order valence-electron chi connectivity index (χ0n) is 9.91. The molecular weight excluding hydrogens is 254 g/mol. The lowest BCUT2D eigenvalue weighted by atomic mass is 10.2. The Balaban J connectivity index is 2.32. The number of aliphatic hydroxyl groups is 1.